The van der Waals surface area contributed by atoms with Crippen molar-refractivity contribution in [1.82, 2.24) is 33.9 Å². The number of hydrogen-bond acceptors (Lipinski definition) is 17. The summed E-state index contributed by atoms with van der Waals surface area (Å²) in [4.78, 5) is 97.8. The number of esters is 1. The fourth-order valence-electron chi connectivity index (χ4n) is 9.25. The molecular weight excluding hydrogens is 1060 g/mol. The molecule has 0 saturated carbocycles. The summed E-state index contributed by atoms with van der Waals surface area (Å²) in [5.74, 6) is -3.96. The smallest absolute Gasteiger partial charge is 0.410 e. The van der Waals surface area contributed by atoms with Crippen molar-refractivity contribution in [2.45, 2.75) is 128 Å². The zero-order valence-corrected chi connectivity index (χ0v) is 47.6. The quantitative estimate of drug-likeness (QED) is 0.0658. The molecule has 5 atom stereocenters. The first-order valence-corrected chi connectivity index (χ1v) is 27.8. The predicted octanol–water partition coefficient (Wildman–Crippen LogP) is 9.19. The highest BCUT2D eigenvalue weighted by Gasteiger charge is 2.42. The number of phenols is 2. The molecule has 0 unspecified atom stereocenters. The molecule has 422 valence electrons. The number of rotatable bonds is 16. The topological polar surface area (TPSA) is 264 Å². The van der Waals surface area contributed by atoms with Crippen LogP contribution in [0.1, 0.15) is 110 Å². The van der Waals surface area contributed by atoms with Gasteiger partial charge in [-0.2, -0.15) is 0 Å². The van der Waals surface area contributed by atoms with Crippen LogP contribution in [-0.2, 0) is 38.2 Å². The maximum atomic E-state index is 14.1. The number of Topliss-reactive ketones (excluding diaryl/α,β-unsaturated/α-hetero) is 1. The Morgan fingerprint density at radius 1 is 0.613 bits per heavy atom. The number of amides is 5. The van der Waals surface area contributed by atoms with Crippen LogP contribution in [0.15, 0.2) is 109 Å². The van der Waals surface area contributed by atoms with Crippen LogP contribution in [0.5, 0.6) is 11.5 Å². The third-order valence-corrected chi connectivity index (χ3v) is 14.6. The number of ether oxygens (including phenoxy) is 2. The van der Waals surface area contributed by atoms with Crippen LogP contribution in [0.3, 0.4) is 0 Å². The molecule has 2 aromatic heterocycles. The molecule has 2 fully saturated rings. The van der Waals surface area contributed by atoms with Gasteiger partial charge in [-0.25, -0.2) is 4.79 Å². The van der Waals surface area contributed by atoms with E-state index in [1.165, 1.54) is 46.0 Å². The highest BCUT2D eigenvalue weighted by atomic mass is 32.1. The van der Waals surface area contributed by atoms with Crippen molar-refractivity contribution in [2.24, 2.45) is 0 Å². The Morgan fingerprint density at radius 2 is 1.01 bits per heavy atom. The van der Waals surface area contributed by atoms with Gasteiger partial charge >= 0.3 is 12.1 Å². The number of aromatic hydroxyl groups is 2. The van der Waals surface area contributed by atoms with E-state index in [0.717, 1.165) is 34.2 Å². The highest BCUT2D eigenvalue weighted by Crippen LogP contribution is 2.35. The Kier molecular flexibility index (Phi) is 19.5. The van der Waals surface area contributed by atoms with Crippen molar-refractivity contribution >= 4 is 74.5 Å². The molecule has 0 spiro atoms. The molecule has 80 heavy (non-hydrogen) atoms. The minimum absolute atomic E-state index is 0.0186. The van der Waals surface area contributed by atoms with E-state index in [1.54, 1.807) is 72.7 Å². The molecule has 2 aliphatic heterocycles. The van der Waals surface area contributed by atoms with Crippen molar-refractivity contribution in [2.75, 3.05) is 30.8 Å². The number of nitrogens with one attached hydrogen (secondary N) is 2. The van der Waals surface area contributed by atoms with Gasteiger partial charge in [0.05, 0.1) is 24.3 Å². The molecule has 5 amide bonds. The van der Waals surface area contributed by atoms with Gasteiger partial charge in [0.2, 0.25) is 23.6 Å². The van der Waals surface area contributed by atoms with Crippen LogP contribution in [0.25, 0.3) is 22.5 Å². The van der Waals surface area contributed by atoms with Gasteiger partial charge in [-0.05, 0) is 110 Å². The number of anilines is 2. The molecule has 0 radical (unpaired) electrons. The molecule has 8 rings (SSSR count). The molecule has 4 heterocycles. The third kappa shape index (κ3) is 15.6. The van der Waals surface area contributed by atoms with Gasteiger partial charge in [-0.3, -0.25) is 28.8 Å². The summed E-state index contributed by atoms with van der Waals surface area (Å²) in [6, 6.07) is 28.7. The number of hydrogen-bond donors (Lipinski definition) is 4. The van der Waals surface area contributed by atoms with Crippen molar-refractivity contribution < 1.29 is 53.2 Å². The molecule has 0 bridgehead atoms. The van der Waals surface area contributed by atoms with E-state index >= 15 is 0 Å². The summed E-state index contributed by atoms with van der Waals surface area (Å²) in [6.45, 7) is 12.8. The van der Waals surface area contributed by atoms with Gasteiger partial charge in [-0.15, -0.1) is 10.2 Å². The Labute approximate surface area is 472 Å². The second kappa shape index (κ2) is 26.2. The lowest BCUT2D eigenvalue weighted by atomic mass is 9.90. The maximum Gasteiger partial charge on any atom is 0.410 e. The second-order valence-corrected chi connectivity index (χ2v) is 23.0. The molecule has 6 aromatic rings. The zero-order chi connectivity index (χ0) is 57.9. The van der Waals surface area contributed by atoms with E-state index in [-0.39, 0.29) is 53.8 Å². The first-order chi connectivity index (χ1) is 38.0. The Morgan fingerprint density at radius 3 is 1.41 bits per heavy atom. The zero-order valence-electron chi connectivity index (χ0n) is 46.0. The predicted molar refractivity (Wildman–Crippen MR) is 303 cm³/mol. The van der Waals surface area contributed by atoms with E-state index < -0.39 is 53.2 Å². The summed E-state index contributed by atoms with van der Waals surface area (Å²) in [5.41, 5.74) is 2.41. The summed E-state index contributed by atoms with van der Waals surface area (Å²) < 4.78 is 18.9. The first-order valence-electron chi connectivity index (χ1n) is 26.2. The Balaban J connectivity index is 0.000000234. The number of likely N-dealkylation sites (tertiary alicyclic amines) is 2. The van der Waals surface area contributed by atoms with Gasteiger partial charge in [0.15, 0.2) is 5.78 Å². The standard InChI is InChI=1S/C31H37N5O6S.C27H30N4O5S/c1-19(35(5)30(41)42-31(2,3)4)25(38)18-23(20-13-15-22(37)16-14-20)29(40)36-17-9-12-24(36)27(39)32-28-26(33-34-43-28)21-10-7-6-8-11-21;1-27(2,3)36-22(33)16-20(17-11-13-19(32)14-12-17)26(35)31-15-7-10-21(31)24(34)28-25-23(29-30-37-25)18-8-5-4-6-9-18/h6-8,10-11,13-16,19,23-24,37H,9,12,17-18H2,1-5H3,(H,32,39);4-6,8-9,11-14,20-21,32H,7,10,15-16H2,1-3H3,(H,28,34)/t19-,23-,24-;20-,21-/m00/s1. The Bertz CT molecular complexity index is 3120. The van der Waals surface area contributed by atoms with Crippen molar-refractivity contribution in [1.29, 1.82) is 0 Å². The number of carbonyl (C=O) groups excluding carboxylic acids is 7. The van der Waals surface area contributed by atoms with Crippen LogP contribution in [0, 0.1) is 0 Å². The molecule has 4 N–H and O–H groups in total. The number of phenolic OH excluding ortho intramolecular Hbond substituents is 2. The SMILES string of the molecule is CC(C)(C)OC(=O)C[C@H](C(=O)N1CCC[C@H]1C(=O)Nc1snnc1-c1ccccc1)c1ccc(O)cc1.C[C@@H](C(=O)C[C@H](C(=O)N1CCC[C@H]1C(=O)Nc1snnc1-c1ccccc1)c1ccc(O)cc1)N(C)C(=O)OC(C)(C)C. The van der Waals surface area contributed by atoms with Crippen LogP contribution in [0.4, 0.5) is 14.8 Å². The first kappa shape index (κ1) is 59.5. The van der Waals surface area contributed by atoms with Crippen LogP contribution in [-0.4, -0.2) is 135 Å². The normalized spacial score (nSPS) is 16.3. The molecular formula is C58H67N9O11S2. The van der Waals surface area contributed by atoms with Crippen LogP contribution < -0.4 is 10.6 Å². The van der Waals surface area contributed by atoms with E-state index in [2.05, 4.69) is 29.8 Å². The third-order valence-electron chi connectivity index (χ3n) is 13.3. The lowest BCUT2D eigenvalue weighted by molar-refractivity contribution is -0.157. The minimum Gasteiger partial charge on any atom is -0.508 e. The van der Waals surface area contributed by atoms with E-state index in [9.17, 15) is 43.8 Å². The number of likely N-dealkylation sites (N-methyl/N-ethyl adjacent to an activating group) is 1. The summed E-state index contributed by atoms with van der Waals surface area (Å²) in [6.07, 6.45) is 1.19. The number of benzene rings is 4. The van der Waals surface area contributed by atoms with Crippen molar-refractivity contribution in [3.8, 4) is 34.0 Å². The lowest BCUT2D eigenvalue weighted by Gasteiger charge is -2.30. The second-order valence-electron chi connectivity index (χ2n) is 21.5. The molecule has 22 heteroatoms. The number of nitrogens with zero attached hydrogens (tertiary/aromatic N) is 7. The van der Waals surface area contributed by atoms with Gasteiger partial charge in [0, 0.05) is 60.7 Å². The van der Waals surface area contributed by atoms with E-state index in [0.29, 0.717) is 71.3 Å². The lowest BCUT2D eigenvalue weighted by Crippen LogP contribution is -2.47. The van der Waals surface area contributed by atoms with Crippen LogP contribution in [0.2, 0.25) is 0 Å². The number of carbonyl (C=O) groups is 7. The van der Waals surface area contributed by atoms with Gasteiger partial charge in [-0.1, -0.05) is 93.9 Å². The summed E-state index contributed by atoms with van der Waals surface area (Å²) >= 11 is 2.14. The molecule has 20 nitrogen and oxygen atoms in total. The molecule has 2 aliphatic rings. The molecule has 4 aromatic carbocycles. The van der Waals surface area contributed by atoms with Gasteiger partial charge in [0.25, 0.3) is 0 Å². The summed E-state index contributed by atoms with van der Waals surface area (Å²) in [7, 11) is 1.48. The average molecular weight is 1130 g/mol. The van der Waals surface area contributed by atoms with Gasteiger partial charge in [0.1, 0.15) is 56.2 Å². The minimum atomic E-state index is -0.930. The maximum absolute atomic E-state index is 14.1. The van der Waals surface area contributed by atoms with Crippen LogP contribution >= 0.6 is 23.1 Å². The monoisotopic (exact) mass is 1130 g/mol. The molecule has 2 saturated heterocycles. The number of aromatic nitrogens is 4. The summed E-state index contributed by atoms with van der Waals surface area (Å²) in [5, 5.41) is 34.7. The highest BCUT2D eigenvalue weighted by molar-refractivity contribution is 7.11. The number of ketones is 1. The fourth-order valence-corrected chi connectivity index (χ4v) is 10.4. The van der Waals surface area contributed by atoms with Crippen molar-refractivity contribution in [3.05, 3.63) is 120 Å². The van der Waals surface area contributed by atoms with Crippen molar-refractivity contribution in [3.63, 3.8) is 0 Å². The van der Waals surface area contributed by atoms with E-state index in [4.69, 9.17) is 9.47 Å². The fraction of sp³-hybridized carbons (Fsp3) is 0.397. The largest absolute Gasteiger partial charge is 0.508 e. The van der Waals surface area contributed by atoms with E-state index in [1.807, 2.05) is 60.7 Å². The Hall–Kier alpha value is -8.11. The average Bonchev–Trinajstić information content (AvgIpc) is 4.31. The van der Waals surface area contributed by atoms with Gasteiger partial charge < -0.3 is 45.0 Å². The molecule has 0 aliphatic carbocycles.